The van der Waals surface area contributed by atoms with E-state index in [4.69, 9.17) is 9.84 Å². The number of ether oxygens (including phenoxy) is 1. The van der Waals surface area contributed by atoms with Gasteiger partial charge in [0.15, 0.2) is 0 Å². The number of carbonyl (C=O) groups is 1. The van der Waals surface area contributed by atoms with E-state index in [1.54, 1.807) is 0 Å². The van der Waals surface area contributed by atoms with Crippen molar-refractivity contribution in [1.29, 1.82) is 0 Å². The molecule has 2 atom stereocenters. The fraction of sp³-hybridized carbons (Fsp3) is 0.917. The molecule has 0 aromatic heterocycles. The third kappa shape index (κ3) is 3.49. The molecule has 0 radical (unpaired) electrons. The normalized spacial score (nSPS) is 28.9. The van der Waals surface area contributed by atoms with Crippen LogP contribution in [-0.4, -0.2) is 67.5 Å². The number of rotatable bonds is 5. The van der Waals surface area contributed by atoms with E-state index in [9.17, 15) is 13.2 Å². The molecule has 1 N–H and O–H groups in total. The van der Waals surface area contributed by atoms with Crippen LogP contribution < -0.4 is 0 Å². The Morgan fingerprint density at radius 2 is 2.15 bits per heavy atom. The monoisotopic (exact) mass is 306 g/mol. The number of piperidine rings is 1. The second-order valence-electron chi connectivity index (χ2n) is 5.46. The van der Waals surface area contributed by atoms with Gasteiger partial charge in [-0.1, -0.05) is 0 Å². The zero-order valence-electron chi connectivity index (χ0n) is 11.7. The Bertz CT molecular complexity index is 447. The zero-order valence-corrected chi connectivity index (χ0v) is 12.5. The topological polar surface area (TPSA) is 87.2 Å². The number of hydrogen-bond donors (Lipinski definition) is 1. The van der Waals surface area contributed by atoms with Crippen molar-refractivity contribution in [2.75, 3.05) is 33.3 Å². The van der Waals surface area contributed by atoms with Crippen LogP contribution in [0.5, 0.6) is 0 Å². The summed E-state index contributed by atoms with van der Waals surface area (Å²) < 4.78 is 32.9. The molecule has 0 spiro atoms. The molecule has 2 unspecified atom stereocenters. The predicted octanol–water partition coefficient (Wildman–Crippen LogP) is 0.139. The van der Waals surface area contributed by atoms with Crippen molar-refractivity contribution in [2.45, 2.75) is 31.8 Å². The molecular formula is C12H22N2O5S. The Balaban J connectivity index is 1.99. The summed E-state index contributed by atoms with van der Waals surface area (Å²) in [6.45, 7) is 1.47. The first-order valence-electron chi connectivity index (χ1n) is 6.97. The molecule has 0 aromatic rings. The van der Waals surface area contributed by atoms with Gasteiger partial charge >= 0.3 is 5.97 Å². The van der Waals surface area contributed by atoms with Crippen molar-refractivity contribution in [1.82, 2.24) is 8.61 Å². The Morgan fingerprint density at radius 3 is 2.75 bits per heavy atom. The van der Waals surface area contributed by atoms with Crippen LogP contribution in [0.3, 0.4) is 0 Å². The first kappa shape index (κ1) is 15.7. The van der Waals surface area contributed by atoms with Crippen molar-refractivity contribution in [3.05, 3.63) is 0 Å². The minimum absolute atomic E-state index is 0.0464. The molecule has 0 bridgehead atoms. The molecule has 20 heavy (non-hydrogen) atoms. The first-order chi connectivity index (χ1) is 9.41. The van der Waals surface area contributed by atoms with Crippen LogP contribution in [-0.2, 0) is 19.7 Å². The summed E-state index contributed by atoms with van der Waals surface area (Å²) in [5.41, 5.74) is 0. The molecule has 0 amide bonds. The minimum atomic E-state index is -3.59. The highest BCUT2D eigenvalue weighted by molar-refractivity contribution is 7.86. The molecule has 2 aliphatic heterocycles. The minimum Gasteiger partial charge on any atom is -0.481 e. The molecule has 2 rings (SSSR count). The lowest BCUT2D eigenvalue weighted by Gasteiger charge is -2.33. The van der Waals surface area contributed by atoms with E-state index in [2.05, 4.69) is 0 Å². The number of carboxylic acids is 1. The molecule has 0 aliphatic carbocycles. The molecule has 7 nitrogen and oxygen atoms in total. The highest BCUT2D eigenvalue weighted by atomic mass is 32.2. The third-order valence-corrected chi connectivity index (χ3v) is 5.86. The van der Waals surface area contributed by atoms with Gasteiger partial charge in [0.1, 0.15) is 0 Å². The van der Waals surface area contributed by atoms with Crippen LogP contribution >= 0.6 is 0 Å². The number of likely N-dealkylation sites (N-methyl/N-ethyl adjacent to an activating group) is 1. The Morgan fingerprint density at radius 1 is 1.40 bits per heavy atom. The van der Waals surface area contributed by atoms with Crippen molar-refractivity contribution >= 4 is 16.2 Å². The largest absolute Gasteiger partial charge is 0.481 e. The van der Waals surface area contributed by atoms with E-state index < -0.39 is 22.1 Å². The number of nitrogens with zero attached hydrogens (tertiary/aromatic N) is 2. The van der Waals surface area contributed by atoms with Gasteiger partial charge in [-0.05, 0) is 25.7 Å². The van der Waals surface area contributed by atoms with E-state index >= 15 is 0 Å². The summed E-state index contributed by atoms with van der Waals surface area (Å²) >= 11 is 0. The summed E-state index contributed by atoms with van der Waals surface area (Å²) in [5, 5.41) is 9.04. The molecule has 2 fully saturated rings. The first-order valence-corrected chi connectivity index (χ1v) is 8.37. The molecule has 2 saturated heterocycles. The molecule has 116 valence electrons. The Labute approximate surface area is 119 Å². The fourth-order valence-corrected chi connectivity index (χ4v) is 4.20. The Hall–Kier alpha value is -0.700. The highest BCUT2D eigenvalue weighted by Gasteiger charge is 2.35. The standard InChI is InChI=1S/C12H22N2O5S/c1-13(9-11-5-3-7-19-11)20(17,18)14-6-2-4-10(8-14)12(15)16/h10-11H,2-9H2,1H3,(H,15,16). The third-order valence-electron chi connectivity index (χ3n) is 3.94. The molecule has 0 aromatic carbocycles. The molecule has 8 heteroatoms. The summed E-state index contributed by atoms with van der Waals surface area (Å²) in [5.74, 6) is -1.53. The molecule has 0 saturated carbocycles. The van der Waals surface area contributed by atoms with Gasteiger partial charge in [-0.25, -0.2) is 0 Å². The average Bonchev–Trinajstić information content (AvgIpc) is 2.91. The lowest BCUT2D eigenvalue weighted by Crippen LogP contribution is -2.49. The van der Waals surface area contributed by atoms with E-state index in [1.807, 2.05) is 0 Å². The van der Waals surface area contributed by atoms with Gasteiger partial charge in [-0.15, -0.1) is 0 Å². The van der Waals surface area contributed by atoms with E-state index in [1.165, 1.54) is 15.7 Å². The second kappa shape index (κ2) is 6.38. The van der Waals surface area contributed by atoms with Gasteiger partial charge < -0.3 is 9.84 Å². The highest BCUT2D eigenvalue weighted by Crippen LogP contribution is 2.22. The van der Waals surface area contributed by atoms with Crippen LogP contribution in [0.2, 0.25) is 0 Å². The van der Waals surface area contributed by atoms with Crippen LogP contribution in [0.1, 0.15) is 25.7 Å². The lowest BCUT2D eigenvalue weighted by atomic mass is 10.0. The van der Waals surface area contributed by atoms with Gasteiger partial charge in [-0.2, -0.15) is 17.0 Å². The number of aliphatic carboxylic acids is 1. The van der Waals surface area contributed by atoms with E-state index in [-0.39, 0.29) is 12.6 Å². The SMILES string of the molecule is CN(CC1CCCO1)S(=O)(=O)N1CCCC(C(=O)O)C1. The van der Waals surface area contributed by atoms with E-state index in [0.29, 0.717) is 32.5 Å². The fourth-order valence-electron chi connectivity index (χ4n) is 2.72. The van der Waals surface area contributed by atoms with Gasteiger partial charge in [0.2, 0.25) is 0 Å². The second-order valence-corrected chi connectivity index (χ2v) is 7.49. The number of hydrogen-bond acceptors (Lipinski definition) is 4. The maximum Gasteiger partial charge on any atom is 0.307 e. The predicted molar refractivity (Wildman–Crippen MR) is 72.5 cm³/mol. The smallest absolute Gasteiger partial charge is 0.307 e. The van der Waals surface area contributed by atoms with Crippen LogP contribution in [0.4, 0.5) is 0 Å². The van der Waals surface area contributed by atoms with Crippen molar-refractivity contribution in [3.63, 3.8) is 0 Å². The van der Waals surface area contributed by atoms with Crippen molar-refractivity contribution in [3.8, 4) is 0 Å². The Kier molecular flexibility index (Phi) is 5.00. The molecule has 2 aliphatic rings. The zero-order chi connectivity index (χ0) is 14.8. The molecule has 2 heterocycles. The molecular weight excluding hydrogens is 284 g/mol. The summed E-state index contributed by atoms with van der Waals surface area (Å²) in [6.07, 6.45) is 2.91. The van der Waals surface area contributed by atoms with Crippen molar-refractivity contribution < 1.29 is 23.1 Å². The van der Waals surface area contributed by atoms with Crippen LogP contribution in [0, 0.1) is 5.92 Å². The van der Waals surface area contributed by atoms with E-state index in [0.717, 1.165) is 12.8 Å². The van der Waals surface area contributed by atoms with Gasteiger partial charge in [-0.3, -0.25) is 4.79 Å². The maximum absolute atomic E-state index is 12.4. The van der Waals surface area contributed by atoms with Crippen LogP contribution in [0.15, 0.2) is 0 Å². The van der Waals surface area contributed by atoms with Crippen LogP contribution in [0.25, 0.3) is 0 Å². The summed E-state index contributed by atoms with van der Waals surface area (Å²) in [7, 11) is -2.06. The van der Waals surface area contributed by atoms with Gasteiger partial charge in [0.25, 0.3) is 10.2 Å². The quantitative estimate of drug-likeness (QED) is 0.780. The average molecular weight is 306 g/mol. The summed E-state index contributed by atoms with van der Waals surface area (Å²) in [4.78, 5) is 11.0. The summed E-state index contributed by atoms with van der Waals surface area (Å²) in [6, 6.07) is 0. The van der Waals surface area contributed by atoms with Crippen molar-refractivity contribution in [2.24, 2.45) is 5.92 Å². The van der Waals surface area contributed by atoms with Gasteiger partial charge in [0, 0.05) is 33.3 Å². The lowest BCUT2D eigenvalue weighted by molar-refractivity contribution is -0.142. The maximum atomic E-state index is 12.4. The number of carboxylic acid groups (broad SMARTS) is 1. The van der Waals surface area contributed by atoms with Gasteiger partial charge in [0.05, 0.1) is 12.0 Å².